The van der Waals surface area contributed by atoms with Gasteiger partial charge in [-0.15, -0.1) is 11.8 Å². The van der Waals surface area contributed by atoms with Gasteiger partial charge >= 0.3 is 0 Å². The second-order valence-electron chi connectivity index (χ2n) is 5.25. The van der Waals surface area contributed by atoms with Crippen molar-refractivity contribution in [2.24, 2.45) is 0 Å². The molecule has 6 heteroatoms. The van der Waals surface area contributed by atoms with E-state index in [9.17, 15) is 9.59 Å². The smallest absolute Gasteiger partial charge is 0.272 e. The van der Waals surface area contributed by atoms with Crippen molar-refractivity contribution < 1.29 is 14.7 Å². The zero-order chi connectivity index (χ0) is 17.8. The quantitative estimate of drug-likeness (QED) is 0.838. The van der Waals surface area contributed by atoms with Crippen LogP contribution in [0, 0.1) is 11.3 Å². The Labute approximate surface area is 149 Å². The van der Waals surface area contributed by atoms with E-state index in [2.05, 4.69) is 0 Å². The molecule has 0 fully saturated rings. The number of aliphatic hydroxyl groups is 1. The molecule has 5 nitrogen and oxygen atoms in total. The maximum atomic E-state index is 13.0. The average molecular weight is 350 g/mol. The second-order valence-corrected chi connectivity index (χ2v) is 6.35. The Bertz CT molecular complexity index is 883. The fourth-order valence-corrected chi connectivity index (χ4v) is 3.43. The highest BCUT2D eigenvalue weighted by molar-refractivity contribution is 8.04. The number of rotatable bonds is 5. The molecular weight excluding hydrogens is 336 g/mol. The van der Waals surface area contributed by atoms with Crippen molar-refractivity contribution in [2.75, 3.05) is 17.3 Å². The number of nitriles is 1. The lowest BCUT2D eigenvalue weighted by Gasteiger charge is -2.15. The van der Waals surface area contributed by atoms with Gasteiger partial charge in [0.05, 0.1) is 34.4 Å². The second kappa shape index (κ2) is 7.34. The van der Waals surface area contributed by atoms with E-state index >= 15 is 0 Å². The Morgan fingerprint density at radius 3 is 2.28 bits per heavy atom. The zero-order valence-electron chi connectivity index (χ0n) is 13.2. The predicted molar refractivity (Wildman–Crippen MR) is 96.6 cm³/mol. The van der Waals surface area contributed by atoms with Crippen LogP contribution in [0.4, 0.5) is 5.69 Å². The first-order valence-electron chi connectivity index (χ1n) is 7.59. The van der Waals surface area contributed by atoms with Crippen molar-refractivity contribution >= 4 is 34.8 Å². The molecule has 3 rings (SSSR count). The summed E-state index contributed by atoms with van der Waals surface area (Å²) in [5.74, 6) is -0.486. The summed E-state index contributed by atoms with van der Waals surface area (Å²) < 4.78 is 0. The third-order valence-electron chi connectivity index (χ3n) is 3.70. The van der Waals surface area contributed by atoms with Gasteiger partial charge in [-0.3, -0.25) is 9.59 Å². The van der Waals surface area contributed by atoms with Crippen LogP contribution in [0.15, 0.2) is 59.5 Å². The number of thioether (sulfide) groups is 1. The standard InChI is InChI=1S/C19H14N2O3S/c20-12-13-6-8-15(9-7-13)21-18(23)16(14-4-2-1-3-5-14)17(19(21)24)25-11-10-22/h1-9,22H,10-11H2. The summed E-state index contributed by atoms with van der Waals surface area (Å²) in [5.41, 5.74) is 1.88. The first-order valence-corrected chi connectivity index (χ1v) is 8.58. The summed E-state index contributed by atoms with van der Waals surface area (Å²) in [6, 6.07) is 17.3. The highest BCUT2D eigenvalue weighted by atomic mass is 32.2. The van der Waals surface area contributed by atoms with E-state index in [1.807, 2.05) is 12.1 Å². The van der Waals surface area contributed by atoms with Gasteiger partial charge < -0.3 is 5.11 Å². The molecule has 0 unspecified atom stereocenters. The predicted octanol–water partition coefficient (Wildman–Crippen LogP) is 2.57. The number of carbonyl (C=O) groups excluding carboxylic acids is 2. The van der Waals surface area contributed by atoms with Crippen LogP contribution in [0.3, 0.4) is 0 Å². The molecule has 0 aromatic heterocycles. The third-order valence-corrected chi connectivity index (χ3v) is 4.75. The lowest BCUT2D eigenvalue weighted by molar-refractivity contribution is -0.119. The molecule has 2 amide bonds. The van der Waals surface area contributed by atoms with E-state index in [0.29, 0.717) is 33.0 Å². The summed E-state index contributed by atoms with van der Waals surface area (Å²) in [6.45, 7) is -0.0887. The van der Waals surface area contributed by atoms with Gasteiger partial charge in [-0.25, -0.2) is 4.90 Å². The van der Waals surface area contributed by atoms with E-state index in [0.717, 1.165) is 4.90 Å². The van der Waals surface area contributed by atoms with Crippen molar-refractivity contribution in [3.8, 4) is 6.07 Å². The van der Waals surface area contributed by atoms with Gasteiger partial charge in [0.25, 0.3) is 11.8 Å². The topological polar surface area (TPSA) is 81.4 Å². The molecule has 0 atom stereocenters. The lowest BCUT2D eigenvalue weighted by Crippen LogP contribution is -2.31. The molecule has 0 spiro atoms. The monoisotopic (exact) mass is 350 g/mol. The first-order chi connectivity index (χ1) is 12.2. The van der Waals surface area contributed by atoms with Crippen LogP contribution in [-0.2, 0) is 9.59 Å². The Morgan fingerprint density at radius 2 is 1.68 bits per heavy atom. The van der Waals surface area contributed by atoms with Crippen molar-refractivity contribution in [3.63, 3.8) is 0 Å². The highest BCUT2D eigenvalue weighted by Gasteiger charge is 2.39. The molecule has 0 saturated heterocycles. The maximum absolute atomic E-state index is 13.0. The summed E-state index contributed by atoms with van der Waals surface area (Å²) >= 11 is 1.17. The number of nitrogens with zero attached hydrogens (tertiary/aromatic N) is 2. The van der Waals surface area contributed by atoms with Crippen LogP contribution >= 0.6 is 11.8 Å². The summed E-state index contributed by atoms with van der Waals surface area (Å²) in [7, 11) is 0. The molecular formula is C19H14N2O3S. The minimum atomic E-state index is -0.410. The van der Waals surface area contributed by atoms with Crippen molar-refractivity contribution in [1.29, 1.82) is 5.26 Å². The maximum Gasteiger partial charge on any atom is 0.272 e. The average Bonchev–Trinajstić information content (AvgIpc) is 2.90. The summed E-state index contributed by atoms with van der Waals surface area (Å²) in [4.78, 5) is 27.2. The number of anilines is 1. The molecule has 2 aromatic rings. The van der Waals surface area contributed by atoms with Gasteiger partial charge in [0.15, 0.2) is 0 Å². The fraction of sp³-hybridized carbons (Fsp3) is 0.105. The first kappa shape index (κ1) is 17.0. The zero-order valence-corrected chi connectivity index (χ0v) is 14.0. The van der Waals surface area contributed by atoms with Gasteiger partial charge in [-0.05, 0) is 29.8 Å². The normalized spacial score (nSPS) is 14.2. The van der Waals surface area contributed by atoms with E-state index in [4.69, 9.17) is 10.4 Å². The molecule has 1 N–H and O–H groups in total. The van der Waals surface area contributed by atoms with Gasteiger partial charge in [0.2, 0.25) is 0 Å². The highest BCUT2D eigenvalue weighted by Crippen LogP contribution is 2.38. The molecule has 1 aliphatic heterocycles. The molecule has 1 aliphatic rings. The summed E-state index contributed by atoms with van der Waals surface area (Å²) in [5, 5.41) is 18.0. The third kappa shape index (κ3) is 3.20. The van der Waals surface area contributed by atoms with Gasteiger partial charge in [0.1, 0.15) is 0 Å². The van der Waals surface area contributed by atoms with Crippen molar-refractivity contribution in [2.45, 2.75) is 0 Å². The number of imide groups is 1. The van der Waals surface area contributed by atoms with Gasteiger partial charge in [0, 0.05) is 5.75 Å². The number of amides is 2. The number of aliphatic hydroxyl groups excluding tert-OH is 1. The molecule has 0 saturated carbocycles. The van der Waals surface area contributed by atoms with E-state index in [1.165, 1.54) is 11.8 Å². The van der Waals surface area contributed by atoms with E-state index in [-0.39, 0.29) is 6.61 Å². The van der Waals surface area contributed by atoms with Gasteiger partial charge in [-0.1, -0.05) is 30.3 Å². The summed E-state index contributed by atoms with van der Waals surface area (Å²) in [6.07, 6.45) is 0. The Balaban J connectivity index is 2.04. The molecule has 1 heterocycles. The Morgan fingerprint density at radius 1 is 1.00 bits per heavy atom. The minimum absolute atomic E-state index is 0.0887. The molecule has 0 bridgehead atoms. The van der Waals surface area contributed by atoms with Crippen LogP contribution in [0.5, 0.6) is 0 Å². The molecule has 0 aliphatic carbocycles. The minimum Gasteiger partial charge on any atom is -0.396 e. The molecule has 2 aromatic carbocycles. The van der Waals surface area contributed by atoms with E-state index in [1.54, 1.807) is 48.5 Å². The number of carbonyl (C=O) groups is 2. The Hall–Kier alpha value is -2.88. The number of benzene rings is 2. The number of hydrogen-bond acceptors (Lipinski definition) is 5. The van der Waals surface area contributed by atoms with Gasteiger partial charge in [-0.2, -0.15) is 5.26 Å². The molecule has 25 heavy (non-hydrogen) atoms. The van der Waals surface area contributed by atoms with Crippen LogP contribution in [0.25, 0.3) is 5.57 Å². The number of hydrogen-bond donors (Lipinski definition) is 1. The Kier molecular flexibility index (Phi) is 4.98. The van der Waals surface area contributed by atoms with Crippen LogP contribution < -0.4 is 4.90 Å². The van der Waals surface area contributed by atoms with Crippen LogP contribution in [0.2, 0.25) is 0 Å². The SMILES string of the molecule is N#Cc1ccc(N2C(=O)C(SCCO)=C(c3ccccc3)C2=O)cc1. The van der Waals surface area contributed by atoms with Crippen LogP contribution in [0.1, 0.15) is 11.1 Å². The van der Waals surface area contributed by atoms with Crippen molar-refractivity contribution in [3.05, 3.63) is 70.6 Å². The lowest BCUT2D eigenvalue weighted by atomic mass is 10.1. The molecule has 124 valence electrons. The fourth-order valence-electron chi connectivity index (χ4n) is 2.57. The molecule has 0 radical (unpaired) electrons. The van der Waals surface area contributed by atoms with Crippen molar-refractivity contribution in [1.82, 2.24) is 0 Å². The van der Waals surface area contributed by atoms with Crippen LogP contribution in [-0.4, -0.2) is 29.3 Å². The van der Waals surface area contributed by atoms with E-state index < -0.39 is 11.8 Å². The largest absolute Gasteiger partial charge is 0.396 e.